The molecule has 102 valence electrons. The first-order valence-corrected chi connectivity index (χ1v) is 7.78. The first-order chi connectivity index (χ1) is 9.36. The zero-order valence-electron chi connectivity index (χ0n) is 11.3. The van der Waals surface area contributed by atoms with Crippen molar-refractivity contribution in [3.05, 3.63) is 29.3 Å². The monoisotopic (exact) mass is 276 g/mol. The largest absolute Gasteiger partial charge is 0.381 e. The van der Waals surface area contributed by atoms with E-state index in [1.165, 1.54) is 22.5 Å². The van der Waals surface area contributed by atoms with Crippen molar-refractivity contribution in [2.45, 2.75) is 25.3 Å². The zero-order chi connectivity index (χ0) is 13.1. The Hall–Kier alpha value is -0.970. The first-order valence-electron chi connectivity index (χ1n) is 6.96. The Morgan fingerprint density at radius 3 is 3.11 bits per heavy atom. The molecular formula is C15H20N2OS. The summed E-state index contributed by atoms with van der Waals surface area (Å²) in [6.07, 6.45) is 3.45. The fraction of sp³-hybridized carbons (Fsp3) is 0.533. The fourth-order valence-corrected chi connectivity index (χ4v) is 3.81. The number of hydrogen-bond donors (Lipinski definition) is 1. The summed E-state index contributed by atoms with van der Waals surface area (Å²) in [6, 6.07) is 8.84. The lowest BCUT2D eigenvalue weighted by atomic mass is 9.92. The van der Waals surface area contributed by atoms with Gasteiger partial charge in [0.2, 0.25) is 0 Å². The van der Waals surface area contributed by atoms with Crippen molar-refractivity contribution in [2.24, 2.45) is 5.92 Å². The summed E-state index contributed by atoms with van der Waals surface area (Å²) in [5.74, 6) is 0.616. The number of fused-ring (bicyclic) bond motifs is 1. The van der Waals surface area contributed by atoms with E-state index in [0.717, 1.165) is 25.2 Å². The third-order valence-corrected chi connectivity index (χ3v) is 4.93. The topological polar surface area (TPSA) is 34.2 Å². The molecule has 1 saturated heterocycles. The maximum absolute atomic E-state index is 5.60. The summed E-state index contributed by atoms with van der Waals surface area (Å²) in [6.45, 7) is 1.81. The number of ether oxygens (including phenoxy) is 1. The lowest BCUT2D eigenvalue weighted by molar-refractivity contribution is 0.0405. The quantitative estimate of drug-likeness (QED) is 0.932. The predicted octanol–water partition coefficient (Wildman–Crippen LogP) is 2.85. The van der Waals surface area contributed by atoms with Crippen LogP contribution in [-0.2, 0) is 11.2 Å². The first kappa shape index (κ1) is 13.0. The van der Waals surface area contributed by atoms with Gasteiger partial charge in [-0.15, -0.1) is 11.3 Å². The van der Waals surface area contributed by atoms with Crippen LogP contribution in [0.5, 0.6) is 0 Å². The molecule has 1 aromatic carbocycles. The van der Waals surface area contributed by atoms with Gasteiger partial charge in [0.15, 0.2) is 0 Å². The molecule has 3 nitrogen and oxygen atoms in total. The SMILES string of the molecule is CNC(Cc1nc2ccccc2s1)C1CCCOC1. The minimum atomic E-state index is 0.473. The molecule has 0 aliphatic carbocycles. The number of nitrogens with zero attached hydrogens (tertiary/aromatic N) is 1. The third kappa shape index (κ3) is 2.96. The predicted molar refractivity (Wildman–Crippen MR) is 79.7 cm³/mol. The molecule has 1 aliphatic heterocycles. The molecule has 2 unspecified atom stereocenters. The van der Waals surface area contributed by atoms with Crippen LogP contribution >= 0.6 is 11.3 Å². The van der Waals surface area contributed by atoms with Crippen molar-refractivity contribution in [3.63, 3.8) is 0 Å². The molecule has 3 rings (SSSR count). The highest BCUT2D eigenvalue weighted by Gasteiger charge is 2.24. The van der Waals surface area contributed by atoms with Crippen molar-refractivity contribution in [2.75, 3.05) is 20.3 Å². The number of nitrogens with one attached hydrogen (secondary N) is 1. The average Bonchev–Trinajstić information content (AvgIpc) is 2.88. The molecule has 0 amide bonds. The van der Waals surface area contributed by atoms with Crippen molar-refractivity contribution >= 4 is 21.6 Å². The number of aromatic nitrogens is 1. The Morgan fingerprint density at radius 1 is 1.47 bits per heavy atom. The summed E-state index contributed by atoms with van der Waals surface area (Å²) < 4.78 is 6.89. The normalized spacial score (nSPS) is 21.6. The Morgan fingerprint density at radius 2 is 2.37 bits per heavy atom. The number of thiazole rings is 1. The molecule has 19 heavy (non-hydrogen) atoms. The molecule has 0 saturated carbocycles. The molecular weight excluding hydrogens is 256 g/mol. The van der Waals surface area contributed by atoms with Crippen molar-refractivity contribution in [1.29, 1.82) is 0 Å². The molecule has 2 heterocycles. The molecule has 1 aromatic heterocycles. The second-order valence-corrected chi connectivity index (χ2v) is 6.27. The number of likely N-dealkylation sites (N-methyl/N-ethyl adjacent to an activating group) is 1. The summed E-state index contributed by atoms with van der Waals surface area (Å²) in [4.78, 5) is 4.73. The van der Waals surface area contributed by atoms with Crippen LogP contribution in [0.25, 0.3) is 10.2 Å². The molecule has 2 atom stereocenters. The van der Waals surface area contributed by atoms with Gasteiger partial charge in [-0.05, 0) is 37.9 Å². The summed E-state index contributed by atoms with van der Waals surface area (Å²) in [7, 11) is 2.05. The summed E-state index contributed by atoms with van der Waals surface area (Å²) in [5, 5.41) is 4.68. The Balaban J connectivity index is 1.74. The van der Waals surface area contributed by atoms with Gasteiger partial charge >= 0.3 is 0 Å². The smallest absolute Gasteiger partial charge is 0.0954 e. The van der Waals surface area contributed by atoms with E-state index in [0.29, 0.717) is 12.0 Å². The van der Waals surface area contributed by atoms with E-state index in [-0.39, 0.29) is 0 Å². The maximum Gasteiger partial charge on any atom is 0.0954 e. The van der Waals surface area contributed by atoms with E-state index in [1.807, 2.05) is 18.4 Å². The van der Waals surface area contributed by atoms with E-state index in [2.05, 4.69) is 29.6 Å². The number of rotatable bonds is 4. The van der Waals surface area contributed by atoms with E-state index in [4.69, 9.17) is 9.72 Å². The average molecular weight is 276 g/mol. The van der Waals surface area contributed by atoms with E-state index < -0.39 is 0 Å². The van der Waals surface area contributed by atoms with E-state index in [9.17, 15) is 0 Å². The molecule has 0 spiro atoms. The van der Waals surface area contributed by atoms with Gasteiger partial charge in [0.05, 0.1) is 21.8 Å². The molecule has 4 heteroatoms. The van der Waals surface area contributed by atoms with Crippen LogP contribution in [0.2, 0.25) is 0 Å². The van der Waals surface area contributed by atoms with Gasteiger partial charge in [0.1, 0.15) is 0 Å². The second-order valence-electron chi connectivity index (χ2n) is 5.15. The highest BCUT2D eigenvalue weighted by molar-refractivity contribution is 7.18. The van der Waals surface area contributed by atoms with Crippen LogP contribution in [0, 0.1) is 5.92 Å². The number of para-hydroxylation sites is 1. The van der Waals surface area contributed by atoms with Gasteiger partial charge in [-0.25, -0.2) is 4.98 Å². The standard InChI is InChI=1S/C15H20N2OS/c1-16-13(11-5-4-8-18-10-11)9-15-17-12-6-2-3-7-14(12)19-15/h2-3,6-7,11,13,16H,4-5,8-10H2,1H3. The van der Waals surface area contributed by atoms with Crippen molar-refractivity contribution in [3.8, 4) is 0 Å². The van der Waals surface area contributed by atoms with Gasteiger partial charge in [0.25, 0.3) is 0 Å². The summed E-state index contributed by atoms with van der Waals surface area (Å²) in [5.41, 5.74) is 1.12. The van der Waals surface area contributed by atoms with Crippen LogP contribution in [0.3, 0.4) is 0 Å². The fourth-order valence-electron chi connectivity index (χ4n) is 2.78. The molecule has 1 aliphatic rings. The van der Waals surface area contributed by atoms with Gasteiger partial charge in [0, 0.05) is 19.1 Å². The van der Waals surface area contributed by atoms with Gasteiger partial charge in [-0.1, -0.05) is 12.1 Å². The van der Waals surface area contributed by atoms with E-state index >= 15 is 0 Å². The minimum Gasteiger partial charge on any atom is -0.381 e. The number of benzene rings is 1. The number of hydrogen-bond acceptors (Lipinski definition) is 4. The van der Waals surface area contributed by atoms with Gasteiger partial charge in [-0.3, -0.25) is 0 Å². The van der Waals surface area contributed by atoms with Crippen LogP contribution in [0.15, 0.2) is 24.3 Å². The van der Waals surface area contributed by atoms with Crippen LogP contribution in [0.1, 0.15) is 17.8 Å². The van der Waals surface area contributed by atoms with Gasteiger partial charge in [-0.2, -0.15) is 0 Å². The molecule has 1 N–H and O–H groups in total. The zero-order valence-corrected chi connectivity index (χ0v) is 12.1. The van der Waals surface area contributed by atoms with Gasteiger partial charge < -0.3 is 10.1 Å². The lowest BCUT2D eigenvalue weighted by Crippen LogP contribution is -2.39. The maximum atomic E-state index is 5.60. The third-order valence-electron chi connectivity index (χ3n) is 3.87. The highest BCUT2D eigenvalue weighted by atomic mass is 32.1. The Labute approximate surface area is 118 Å². The minimum absolute atomic E-state index is 0.473. The molecule has 0 bridgehead atoms. The molecule has 2 aromatic rings. The summed E-state index contributed by atoms with van der Waals surface area (Å²) >= 11 is 1.81. The molecule has 1 fully saturated rings. The van der Waals surface area contributed by atoms with Crippen molar-refractivity contribution in [1.82, 2.24) is 10.3 Å². The Bertz CT molecular complexity index is 501. The van der Waals surface area contributed by atoms with Crippen LogP contribution < -0.4 is 5.32 Å². The second kappa shape index (κ2) is 5.99. The highest BCUT2D eigenvalue weighted by Crippen LogP contribution is 2.25. The van der Waals surface area contributed by atoms with Crippen LogP contribution in [0.4, 0.5) is 0 Å². The lowest BCUT2D eigenvalue weighted by Gasteiger charge is -2.29. The Kier molecular flexibility index (Phi) is 4.11. The van der Waals surface area contributed by atoms with Crippen LogP contribution in [-0.4, -0.2) is 31.3 Å². The van der Waals surface area contributed by atoms with Crippen molar-refractivity contribution < 1.29 is 4.74 Å². The molecule has 0 radical (unpaired) electrons. The van der Waals surface area contributed by atoms with E-state index in [1.54, 1.807) is 0 Å².